The Morgan fingerprint density at radius 2 is 1.89 bits per heavy atom. The Labute approximate surface area is 111 Å². The third kappa shape index (κ3) is 2.33. The Morgan fingerprint density at radius 3 is 2.63 bits per heavy atom. The Balaban J connectivity index is 2.03. The maximum atomic E-state index is 11.5. The molecule has 1 aliphatic heterocycles. The smallest absolute Gasteiger partial charge is 0.153 e. The number of nitrogens with zero attached hydrogens (tertiary/aromatic N) is 3. The van der Waals surface area contributed by atoms with Gasteiger partial charge in [0.15, 0.2) is 9.84 Å². The summed E-state index contributed by atoms with van der Waals surface area (Å²) in [6.07, 6.45) is 1.50. The Morgan fingerprint density at radius 1 is 1.16 bits per heavy atom. The van der Waals surface area contributed by atoms with Crippen LogP contribution >= 0.6 is 0 Å². The molecule has 7 heteroatoms. The first kappa shape index (κ1) is 12.2. The van der Waals surface area contributed by atoms with E-state index in [4.69, 9.17) is 5.73 Å². The number of nitrogens with two attached hydrogens (primary N) is 1. The van der Waals surface area contributed by atoms with Crippen molar-refractivity contribution in [1.29, 1.82) is 0 Å². The summed E-state index contributed by atoms with van der Waals surface area (Å²) in [7, 11) is -2.89. The predicted octanol–water partition coefficient (Wildman–Crippen LogP) is 0.447. The fourth-order valence-corrected chi connectivity index (χ4v) is 3.44. The number of hydrogen-bond acceptors (Lipinski definition) is 6. The SMILES string of the molecule is Nc1ccc2ncnc(N3CCS(=O)(=O)CC3)c2c1. The molecule has 0 saturated carbocycles. The van der Waals surface area contributed by atoms with Crippen LogP contribution in [0.1, 0.15) is 0 Å². The van der Waals surface area contributed by atoms with E-state index in [-0.39, 0.29) is 11.5 Å². The Kier molecular flexibility index (Phi) is 2.78. The van der Waals surface area contributed by atoms with Crippen LogP contribution in [0.5, 0.6) is 0 Å². The van der Waals surface area contributed by atoms with Crippen LogP contribution in [0, 0.1) is 0 Å². The summed E-state index contributed by atoms with van der Waals surface area (Å²) in [5.74, 6) is 1.09. The minimum absolute atomic E-state index is 0.167. The summed E-state index contributed by atoms with van der Waals surface area (Å²) < 4.78 is 22.9. The fourth-order valence-electron chi connectivity index (χ4n) is 2.24. The molecular formula is C12H14N4O2S. The molecule has 1 fully saturated rings. The van der Waals surface area contributed by atoms with Gasteiger partial charge in [-0.15, -0.1) is 0 Å². The van der Waals surface area contributed by atoms with Gasteiger partial charge in [0, 0.05) is 24.2 Å². The molecule has 0 amide bonds. The van der Waals surface area contributed by atoms with E-state index in [2.05, 4.69) is 9.97 Å². The molecule has 1 saturated heterocycles. The van der Waals surface area contributed by atoms with Gasteiger partial charge in [0.1, 0.15) is 12.1 Å². The van der Waals surface area contributed by atoms with Crippen LogP contribution in [0.4, 0.5) is 11.5 Å². The van der Waals surface area contributed by atoms with Crippen LogP contribution in [0.15, 0.2) is 24.5 Å². The van der Waals surface area contributed by atoms with Crippen molar-refractivity contribution in [2.24, 2.45) is 0 Å². The summed E-state index contributed by atoms with van der Waals surface area (Å²) in [6, 6.07) is 5.46. The van der Waals surface area contributed by atoms with Gasteiger partial charge in [-0.3, -0.25) is 0 Å². The van der Waals surface area contributed by atoms with E-state index in [9.17, 15) is 8.42 Å². The number of rotatable bonds is 1. The van der Waals surface area contributed by atoms with Crippen molar-refractivity contribution in [3.05, 3.63) is 24.5 Å². The molecule has 0 radical (unpaired) electrons. The number of aromatic nitrogens is 2. The molecule has 19 heavy (non-hydrogen) atoms. The molecule has 100 valence electrons. The van der Waals surface area contributed by atoms with Crippen LogP contribution in [0.25, 0.3) is 10.9 Å². The lowest BCUT2D eigenvalue weighted by atomic mass is 10.2. The minimum Gasteiger partial charge on any atom is -0.399 e. The lowest BCUT2D eigenvalue weighted by molar-refractivity contribution is 0.586. The molecule has 1 aliphatic rings. The van der Waals surface area contributed by atoms with Crippen molar-refractivity contribution < 1.29 is 8.42 Å². The highest BCUT2D eigenvalue weighted by Gasteiger charge is 2.23. The molecule has 1 aromatic heterocycles. The van der Waals surface area contributed by atoms with Gasteiger partial charge in [-0.05, 0) is 18.2 Å². The molecule has 1 aromatic carbocycles. The van der Waals surface area contributed by atoms with Gasteiger partial charge in [-0.25, -0.2) is 18.4 Å². The van der Waals surface area contributed by atoms with Crippen molar-refractivity contribution in [3.63, 3.8) is 0 Å². The van der Waals surface area contributed by atoms with Gasteiger partial charge in [0.2, 0.25) is 0 Å². The second-order valence-electron chi connectivity index (χ2n) is 4.61. The molecule has 0 unspecified atom stereocenters. The van der Waals surface area contributed by atoms with Crippen molar-refractivity contribution in [2.45, 2.75) is 0 Å². The average molecular weight is 278 g/mol. The van der Waals surface area contributed by atoms with Crippen LogP contribution < -0.4 is 10.6 Å². The maximum Gasteiger partial charge on any atom is 0.153 e. The van der Waals surface area contributed by atoms with Crippen LogP contribution in [0.3, 0.4) is 0 Å². The number of fused-ring (bicyclic) bond motifs is 1. The molecule has 2 N–H and O–H groups in total. The minimum atomic E-state index is -2.89. The quantitative estimate of drug-likeness (QED) is 0.762. The van der Waals surface area contributed by atoms with Gasteiger partial charge in [-0.1, -0.05) is 0 Å². The standard InChI is InChI=1S/C12H14N4O2S/c13-9-1-2-11-10(7-9)12(15-8-14-11)16-3-5-19(17,18)6-4-16/h1-2,7-8H,3-6,13H2. The molecule has 0 spiro atoms. The Bertz CT molecular complexity index is 716. The van der Waals surface area contributed by atoms with E-state index in [0.717, 1.165) is 16.7 Å². The lowest BCUT2D eigenvalue weighted by Gasteiger charge is -2.28. The fraction of sp³-hybridized carbons (Fsp3) is 0.333. The Hall–Kier alpha value is -1.89. The molecule has 2 heterocycles. The normalized spacial score (nSPS) is 18.6. The van der Waals surface area contributed by atoms with Crippen molar-refractivity contribution >= 4 is 32.2 Å². The summed E-state index contributed by atoms with van der Waals surface area (Å²) in [6.45, 7) is 0.923. The zero-order valence-electron chi connectivity index (χ0n) is 10.3. The number of hydrogen-bond donors (Lipinski definition) is 1. The second kappa shape index (κ2) is 4.34. The van der Waals surface area contributed by atoms with Crippen molar-refractivity contribution in [3.8, 4) is 0 Å². The third-order valence-electron chi connectivity index (χ3n) is 3.28. The number of benzene rings is 1. The number of nitrogen functional groups attached to an aromatic ring is 1. The zero-order valence-corrected chi connectivity index (χ0v) is 11.1. The van der Waals surface area contributed by atoms with E-state index < -0.39 is 9.84 Å². The summed E-state index contributed by atoms with van der Waals surface area (Å²) in [5, 5.41) is 0.863. The topological polar surface area (TPSA) is 89.2 Å². The summed E-state index contributed by atoms with van der Waals surface area (Å²) >= 11 is 0. The first-order valence-electron chi connectivity index (χ1n) is 6.01. The van der Waals surface area contributed by atoms with Gasteiger partial charge in [0.05, 0.1) is 17.0 Å². The number of anilines is 2. The largest absolute Gasteiger partial charge is 0.399 e. The average Bonchev–Trinajstić information content (AvgIpc) is 2.38. The highest BCUT2D eigenvalue weighted by atomic mass is 32.2. The lowest BCUT2D eigenvalue weighted by Crippen LogP contribution is -2.40. The third-order valence-corrected chi connectivity index (χ3v) is 4.89. The van der Waals surface area contributed by atoms with Gasteiger partial charge >= 0.3 is 0 Å². The molecular weight excluding hydrogens is 264 g/mol. The van der Waals surface area contributed by atoms with E-state index >= 15 is 0 Å². The molecule has 0 aliphatic carbocycles. The van der Waals surface area contributed by atoms with Gasteiger partial charge < -0.3 is 10.6 Å². The van der Waals surface area contributed by atoms with E-state index in [1.807, 2.05) is 17.0 Å². The zero-order chi connectivity index (χ0) is 13.5. The monoisotopic (exact) mass is 278 g/mol. The molecule has 0 bridgehead atoms. The van der Waals surface area contributed by atoms with Crippen molar-refractivity contribution in [1.82, 2.24) is 9.97 Å². The highest BCUT2D eigenvalue weighted by molar-refractivity contribution is 7.91. The molecule has 6 nitrogen and oxygen atoms in total. The molecule has 0 atom stereocenters. The predicted molar refractivity (Wildman–Crippen MR) is 74.8 cm³/mol. The summed E-state index contributed by atoms with van der Waals surface area (Å²) in [4.78, 5) is 10.5. The molecule has 3 rings (SSSR count). The van der Waals surface area contributed by atoms with Crippen LogP contribution in [-0.4, -0.2) is 43.0 Å². The van der Waals surface area contributed by atoms with E-state index in [1.54, 1.807) is 6.07 Å². The van der Waals surface area contributed by atoms with Crippen molar-refractivity contribution in [2.75, 3.05) is 35.2 Å². The number of sulfone groups is 1. The first-order valence-corrected chi connectivity index (χ1v) is 7.83. The molecule has 2 aromatic rings. The van der Waals surface area contributed by atoms with E-state index in [0.29, 0.717) is 18.8 Å². The van der Waals surface area contributed by atoms with Crippen LogP contribution in [-0.2, 0) is 9.84 Å². The van der Waals surface area contributed by atoms with Gasteiger partial charge in [-0.2, -0.15) is 0 Å². The maximum absolute atomic E-state index is 11.5. The summed E-state index contributed by atoms with van der Waals surface area (Å²) in [5.41, 5.74) is 7.25. The van der Waals surface area contributed by atoms with Gasteiger partial charge in [0.25, 0.3) is 0 Å². The second-order valence-corrected chi connectivity index (χ2v) is 6.92. The highest BCUT2D eigenvalue weighted by Crippen LogP contribution is 2.25. The van der Waals surface area contributed by atoms with Crippen LogP contribution in [0.2, 0.25) is 0 Å². The first-order chi connectivity index (χ1) is 9.05. The van der Waals surface area contributed by atoms with E-state index in [1.165, 1.54) is 6.33 Å².